The van der Waals surface area contributed by atoms with E-state index in [2.05, 4.69) is 4.99 Å². The fourth-order valence-electron chi connectivity index (χ4n) is 3.48. The minimum Gasteiger partial charge on any atom is -0.463 e. The molecule has 5 nitrogen and oxygen atoms in total. The Kier molecular flexibility index (Phi) is 5.46. The van der Waals surface area contributed by atoms with Crippen LogP contribution in [0.5, 0.6) is 0 Å². The molecule has 2 aromatic carbocycles. The van der Waals surface area contributed by atoms with Crippen molar-refractivity contribution in [2.24, 2.45) is 4.99 Å². The number of fused-ring (bicyclic) bond motifs is 1. The van der Waals surface area contributed by atoms with Crippen molar-refractivity contribution in [3.63, 3.8) is 0 Å². The molecular formula is C23H19FN2O3S. The van der Waals surface area contributed by atoms with E-state index in [-0.39, 0.29) is 12.2 Å². The summed E-state index contributed by atoms with van der Waals surface area (Å²) in [4.78, 5) is 31.0. The lowest BCUT2D eigenvalue weighted by Gasteiger charge is -2.24. The third-order valence-corrected chi connectivity index (χ3v) is 5.81. The Morgan fingerprint density at radius 1 is 1.20 bits per heavy atom. The first-order valence-electron chi connectivity index (χ1n) is 9.50. The molecule has 1 atom stereocenters. The van der Waals surface area contributed by atoms with Gasteiger partial charge in [0.15, 0.2) is 4.80 Å². The van der Waals surface area contributed by atoms with E-state index in [1.807, 2.05) is 30.3 Å². The van der Waals surface area contributed by atoms with Crippen LogP contribution in [0.25, 0.3) is 6.08 Å². The molecule has 0 fully saturated rings. The molecule has 2 heterocycles. The molecule has 152 valence electrons. The number of thiazole rings is 1. The van der Waals surface area contributed by atoms with Crippen molar-refractivity contribution in [3.05, 3.63) is 102 Å². The van der Waals surface area contributed by atoms with E-state index >= 15 is 0 Å². The standard InChI is InChI=1S/C23H19FN2O3S/c1-3-29-22(28)19-14(2)25-23-26(20(19)15-9-5-4-6-10-15)21(27)18(30-23)13-16-11-7-8-12-17(16)24/h4-13,20H,3H2,1-2H3/b18-13+/t20-/m1/s1. The molecule has 4 rings (SSSR count). The number of aromatic nitrogens is 1. The van der Waals surface area contributed by atoms with Gasteiger partial charge in [-0.3, -0.25) is 9.36 Å². The van der Waals surface area contributed by atoms with E-state index in [4.69, 9.17) is 4.74 Å². The number of ether oxygens (including phenoxy) is 1. The molecule has 0 bridgehead atoms. The van der Waals surface area contributed by atoms with E-state index in [0.717, 1.165) is 5.56 Å². The van der Waals surface area contributed by atoms with Gasteiger partial charge in [0.25, 0.3) is 5.56 Å². The summed E-state index contributed by atoms with van der Waals surface area (Å²) in [7, 11) is 0. The van der Waals surface area contributed by atoms with Crippen LogP contribution >= 0.6 is 11.3 Å². The van der Waals surface area contributed by atoms with Gasteiger partial charge in [-0.1, -0.05) is 59.9 Å². The summed E-state index contributed by atoms with van der Waals surface area (Å²) in [6.07, 6.45) is 1.52. The molecule has 1 aromatic heterocycles. The number of allylic oxidation sites excluding steroid dienone is 1. The van der Waals surface area contributed by atoms with E-state index in [0.29, 0.717) is 26.2 Å². The molecule has 0 aliphatic carbocycles. The number of rotatable bonds is 4. The zero-order chi connectivity index (χ0) is 21.3. The first-order valence-corrected chi connectivity index (χ1v) is 10.3. The van der Waals surface area contributed by atoms with Gasteiger partial charge >= 0.3 is 5.97 Å². The Hall–Kier alpha value is -3.32. The van der Waals surface area contributed by atoms with Gasteiger partial charge in [-0.2, -0.15) is 0 Å². The number of esters is 1. The lowest BCUT2D eigenvalue weighted by molar-refractivity contribution is -0.139. The minimum absolute atomic E-state index is 0.217. The summed E-state index contributed by atoms with van der Waals surface area (Å²) in [6, 6.07) is 14.9. The SMILES string of the molecule is CCOC(=O)C1=C(C)N=c2s/c(=C/c3ccccc3F)c(=O)n2[C@@H]1c1ccccc1. The first-order chi connectivity index (χ1) is 14.5. The number of nitrogens with zero attached hydrogens (tertiary/aromatic N) is 2. The average Bonchev–Trinajstić information content (AvgIpc) is 3.04. The molecule has 0 saturated carbocycles. The minimum atomic E-state index is -0.663. The Bertz CT molecular complexity index is 1320. The monoisotopic (exact) mass is 422 g/mol. The van der Waals surface area contributed by atoms with Crippen molar-refractivity contribution < 1.29 is 13.9 Å². The highest BCUT2D eigenvalue weighted by molar-refractivity contribution is 7.07. The predicted molar refractivity (Wildman–Crippen MR) is 113 cm³/mol. The summed E-state index contributed by atoms with van der Waals surface area (Å²) in [6.45, 7) is 3.68. The van der Waals surface area contributed by atoms with Gasteiger partial charge in [-0.25, -0.2) is 14.2 Å². The van der Waals surface area contributed by atoms with Crippen molar-refractivity contribution in [3.8, 4) is 0 Å². The largest absolute Gasteiger partial charge is 0.463 e. The molecule has 0 N–H and O–H groups in total. The smallest absolute Gasteiger partial charge is 0.338 e. The normalized spacial score (nSPS) is 16.2. The van der Waals surface area contributed by atoms with Crippen molar-refractivity contribution in [1.29, 1.82) is 0 Å². The van der Waals surface area contributed by atoms with E-state index < -0.39 is 17.8 Å². The summed E-state index contributed by atoms with van der Waals surface area (Å²) >= 11 is 1.17. The number of carbonyl (C=O) groups is 1. The number of carbonyl (C=O) groups excluding carboxylic acids is 1. The zero-order valence-corrected chi connectivity index (χ0v) is 17.3. The second-order valence-corrected chi connectivity index (χ2v) is 7.74. The average molecular weight is 422 g/mol. The summed E-state index contributed by atoms with van der Waals surface area (Å²) in [5.41, 5.74) is 1.59. The van der Waals surface area contributed by atoms with E-state index in [1.165, 1.54) is 28.0 Å². The Morgan fingerprint density at radius 3 is 2.60 bits per heavy atom. The highest BCUT2D eigenvalue weighted by Gasteiger charge is 2.33. The van der Waals surface area contributed by atoms with Crippen LogP contribution in [0.15, 0.2) is 75.7 Å². The third kappa shape index (κ3) is 3.52. The molecule has 0 radical (unpaired) electrons. The van der Waals surface area contributed by atoms with Crippen molar-refractivity contribution in [2.75, 3.05) is 6.61 Å². The Labute approximate surface area is 176 Å². The highest BCUT2D eigenvalue weighted by atomic mass is 32.1. The number of hydrogen-bond acceptors (Lipinski definition) is 5. The molecule has 0 unspecified atom stereocenters. The fraction of sp³-hybridized carbons (Fsp3) is 0.174. The molecule has 7 heteroatoms. The predicted octanol–water partition coefficient (Wildman–Crippen LogP) is 2.94. The van der Waals surface area contributed by atoms with Crippen LogP contribution < -0.4 is 14.9 Å². The van der Waals surface area contributed by atoms with Crippen molar-refractivity contribution >= 4 is 23.4 Å². The van der Waals surface area contributed by atoms with E-state index in [9.17, 15) is 14.0 Å². The van der Waals surface area contributed by atoms with Crippen LogP contribution in [0.1, 0.15) is 31.0 Å². The van der Waals surface area contributed by atoms with Crippen LogP contribution in [-0.4, -0.2) is 17.1 Å². The Morgan fingerprint density at radius 2 is 1.90 bits per heavy atom. The lowest BCUT2D eigenvalue weighted by Crippen LogP contribution is -2.39. The third-order valence-electron chi connectivity index (χ3n) is 4.82. The summed E-state index contributed by atoms with van der Waals surface area (Å²) < 4.78 is 21.2. The van der Waals surface area contributed by atoms with Crippen LogP contribution in [0, 0.1) is 5.82 Å². The van der Waals surface area contributed by atoms with Crippen LogP contribution in [-0.2, 0) is 9.53 Å². The molecule has 3 aromatic rings. The van der Waals surface area contributed by atoms with E-state index in [1.54, 1.807) is 32.0 Å². The summed E-state index contributed by atoms with van der Waals surface area (Å²) in [5, 5.41) is 0. The highest BCUT2D eigenvalue weighted by Crippen LogP contribution is 2.30. The second-order valence-electron chi connectivity index (χ2n) is 6.73. The van der Waals surface area contributed by atoms with Gasteiger partial charge in [-0.05, 0) is 31.6 Å². The van der Waals surface area contributed by atoms with Gasteiger partial charge in [0.1, 0.15) is 5.82 Å². The molecule has 1 aliphatic rings. The fourth-order valence-corrected chi connectivity index (χ4v) is 4.51. The maximum Gasteiger partial charge on any atom is 0.338 e. The van der Waals surface area contributed by atoms with Crippen molar-refractivity contribution in [1.82, 2.24) is 4.57 Å². The van der Waals surface area contributed by atoms with Gasteiger partial charge < -0.3 is 4.74 Å². The van der Waals surface area contributed by atoms with Crippen molar-refractivity contribution in [2.45, 2.75) is 19.9 Å². The molecule has 0 spiro atoms. The first kappa shape index (κ1) is 20.0. The van der Waals surface area contributed by atoms with Gasteiger partial charge in [0.2, 0.25) is 0 Å². The molecule has 0 saturated heterocycles. The number of hydrogen-bond donors (Lipinski definition) is 0. The van der Waals surface area contributed by atoms with Gasteiger partial charge in [-0.15, -0.1) is 0 Å². The quantitative estimate of drug-likeness (QED) is 0.608. The summed E-state index contributed by atoms with van der Waals surface area (Å²) in [5.74, 6) is -0.915. The van der Waals surface area contributed by atoms with Crippen LogP contribution in [0.2, 0.25) is 0 Å². The van der Waals surface area contributed by atoms with Gasteiger partial charge in [0.05, 0.1) is 28.5 Å². The topological polar surface area (TPSA) is 60.7 Å². The molecule has 0 amide bonds. The zero-order valence-electron chi connectivity index (χ0n) is 16.5. The second kappa shape index (κ2) is 8.20. The maximum atomic E-state index is 14.1. The Balaban J connectivity index is 1.97. The number of halogens is 1. The van der Waals surface area contributed by atoms with Crippen LogP contribution in [0.3, 0.4) is 0 Å². The molecular weight excluding hydrogens is 403 g/mol. The van der Waals surface area contributed by atoms with Crippen LogP contribution in [0.4, 0.5) is 4.39 Å². The molecule has 30 heavy (non-hydrogen) atoms. The maximum absolute atomic E-state index is 14.1. The molecule has 1 aliphatic heterocycles. The number of benzene rings is 2. The lowest BCUT2D eigenvalue weighted by atomic mass is 9.96. The van der Waals surface area contributed by atoms with Gasteiger partial charge in [0, 0.05) is 5.56 Å².